The van der Waals surface area contributed by atoms with Crippen molar-refractivity contribution in [2.45, 2.75) is 302 Å². The standard InChI is InChI=1S/C74H130NO8P/c1-6-8-10-12-14-16-18-20-22-24-26-28-29-30-31-32-33-34-35-36-37-38-39-40-41-42-43-44-45-47-49-51-53-55-57-59-61-63-65-67-74(77)83-72(71-82-84(78,79)81-69-68-75(3,4)5)70-80-73(76)66-64-62-60-58-56-54-52-50-48-46-27-25-23-21-19-17-15-13-11-9-7-2/h8,10,14,16,20,22,26,28,30-31,33-34,36-37,39-40,42-43,72H,6-7,9,11-13,15,17-19,21,23-25,27,29,32,35,38,41,44-71H2,1-5H3/p+1/b10-8-,16-14-,22-20-,28-26-,31-30-,34-33-,37-36-,40-39-,43-42-. The van der Waals surface area contributed by atoms with Crippen molar-refractivity contribution in [1.82, 2.24) is 0 Å². The Hall–Kier alpha value is -3.33. The van der Waals surface area contributed by atoms with Crippen LogP contribution in [0.4, 0.5) is 0 Å². The number of rotatable bonds is 63. The number of hydrogen-bond acceptors (Lipinski definition) is 7. The molecule has 0 spiro atoms. The number of likely N-dealkylation sites (N-methyl/N-ethyl adjacent to an activating group) is 1. The molecule has 0 saturated carbocycles. The average molecular weight is 1190 g/mol. The zero-order chi connectivity index (χ0) is 61.2. The highest BCUT2D eigenvalue weighted by molar-refractivity contribution is 7.47. The van der Waals surface area contributed by atoms with Crippen molar-refractivity contribution >= 4 is 19.8 Å². The van der Waals surface area contributed by atoms with E-state index in [1.165, 1.54) is 161 Å². The van der Waals surface area contributed by atoms with Crippen molar-refractivity contribution in [2.75, 3.05) is 47.5 Å². The van der Waals surface area contributed by atoms with Crippen LogP contribution < -0.4 is 0 Å². The first-order valence-corrected chi connectivity index (χ1v) is 36.1. The minimum atomic E-state index is -4.39. The summed E-state index contributed by atoms with van der Waals surface area (Å²) in [5.41, 5.74) is 0. The van der Waals surface area contributed by atoms with Gasteiger partial charge in [-0.1, -0.05) is 309 Å². The largest absolute Gasteiger partial charge is 0.472 e. The highest BCUT2D eigenvalue weighted by Gasteiger charge is 2.27. The first-order valence-electron chi connectivity index (χ1n) is 34.6. The maximum atomic E-state index is 12.9. The van der Waals surface area contributed by atoms with E-state index in [4.69, 9.17) is 18.5 Å². The lowest BCUT2D eigenvalue weighted by Crippen LogP contribution is -2.37. The SMILES string of the molecule is CC/C=C\C/C=C\C/C=C\C/C=C\C/C=C\C/C=C\C/C=C\C/C=C\C/C=C\CCCCCCCCCCCCCC(=O)OC(COC(=O)CCCCCCCCCCCCCCCCCCCCCCC)COP(=O)(O)OCC[N+](C)(C)C. The number of phosphoric ester groups is 1. The van der Waals surface area contributed by atoms with Crippen LogP contribution in [-0.4, -0.2) is 74.9 Å². The third-order valence-electron chi connectivity index (χ3n) is 14.8. The van der Waals surface area contributed by atoms with E-state index in [9.17, 15) is 19.0 Å². The van der Waals surface area contributed by atoms with Gasteiger partial charge in [0.1, 0.15) is 19.8 Å². The molecule has 0 saturated heterocycles. The second-order valence-electron chi connectivity index (χ2n) is 24.2. The molecular weight excluding hydrogens is 1060 g/mol. The predicted octanol–water partition coefficient (Wildman–Crippen LogP) is 22.5. The zero-order valence-corrected chi connectivity index (χ0v) is 56.0. The summed E-state index contributed by atoms with van der Waals surface area (Å²) in [6.07, 6.45) is 90.4. The summed E-state index contributed by atoms with van der Waals surface area (Å²) in [5, 5.41) is 0. The van der Waals surface area contributed by atoms with E-state index in [0.717, 1.165) is 103 Å². The summed E-state index contributed by atoms with van der Waals surface area (Å²) < 4.78 is 34.7. The van der Waals surface area contributed by atoms with Crippen LogP contribution in [0, 0.1) is 0 Å². The van der Waals surface area contributed by atoms with Gasteiger partial charge in [-0.25, -0.2) is 4.57 Å². The molecule has 0 aromatic carbocycles. The van der Waals surface area contributed by atoms with E-state index in [1.54, 1.807) is 0 Å². The molecule has 2 atom stereocenters. The van der Waals surface area contributed by atoms with Crippen LogP contribution in [0.5, 0.6) is 0 Å². The molecule has 10 heteroatoms. The number of allylic oxidation sites excluding steroid dienone is 18. The molecule has 0 rings (SSSR count). The van der Waals surface area contributed by atoms with Gasteiger partial charge >= 0.3 is 19.8 Å². The fourth-order valence-corrected chi connectivity index (χ4v) is 10.3. The minimum Gasteiger partial charge on any atom is -0.462 e. The summed E-state index contributed by atoms with van der Waals surface area (Å²) in [6.45, 7) is 4.35. The summed E-state index contributed by atoms with van der Waals surface area (Å²) in [6, 6.07) is 0. The molecule has 0 amide bonds. The molecule has 0 fully saturated rings. The van der Waals surface area contributed by atoms with Crippen LogP contribution in [0.3, 0.4) is 0 Å². The molecule has 484 valence electrons. The Balaban J connectivity index is 4.06. The van der Waals surface area contributed by atoms with Gasteiger partial charge in [0.15, 0.2) is 6.10 Å². The lowest BCUT2D eigenvalue weighted by Gasteiger charge is -2.24. The van der Waals surface area contributed by atoms with Crippen LogP contribution in [0.1, 0.15) is 296 Å². The molecule has 1 N–H and O–H groups in total. The van der Waals surface area contributed by atoms with Gasteiger partial charge in [0.25, 0.3) is 0 Å². The normalized spacial score (nSPS) is 13.8. The van der Waals surface area contributed by atoms with Gasteiger partial charge in [-0.2, -0.15) is 0 Å². The van der Waals surface area contributed by atoms with E-state index in [0.29, 0.717) is 17.4 Å². The zero-order valence-electron chi connectivity index (χ0n) is 55.1. The fraction of sp³-hybridized carbons (Fsp3) is 0.730. The number of hydrogen-bond donors (Lipinski definition) is 1. The molecule has 0 radical (unpaired) electrons. The number of esters is 2. The van der Waals surface area contributed by atoms with Crippen molar-refractivity contribution in [3.63, 3.8) is 0 Å². The van der Waals surface area contributed by atoms with Crippen molar-refractivity contribution in [3.05, 3.63) is 109 Å². The van der Waals surface area contributed by atoms with E-state index in [1.807, 2.05) is 21.1 Å². The third kappa shape index (κ3) is 67.8. The monoisotopic (exact) mass is 1190 g/mol. The Kier molecular flexibility index (Phi) is 61.6. The number of nitrogens with zero attached hydrogens (tertiary/aromatic N) is 1. The second kappa shape index (κ2) is 64.2. The Morgan fingerprint density at radius 3 is 1.01 bits per heavy atom. The Morgan fingerprint density at radius 2 is 0.679 bits per heavy atom. The second-order valence-corrected chi connectivity index (χ2v) is 25.6. The van der Waals surface area contributed by atoms with Gasteiger partial charge in [0, 0.05) is 12.8 Å². The average Bonchev–Trinajstić information content (AvgIpc) is 3.61. The lowest BCUT2D eigenvalue weighted by atomic mass is 10.0. The molecule has 2 unspecified atom stereocenters. The smallest absolute Gasteiger partial charge is 0.462 e. The Morgan fingerprint density at radius 1 is 0.381 bits per heavy atom. The Labute approximate surface area is 518 Å². The third-order valence-corrected chi connectivity index (χ3v) is 15.8. The van der Waals surface area contributed by atoms with Gasteiger partial charge in [-0.15, -0.1) is 0 Å². The molecule has 0 aliphatic carbocycles. The number of quaternary nitrogens is 1. The van der Waals surface area contributed by atoms with E-state index >= 15 is 0 Å². The first kappa shape index (κ1) is 80.7. The summed E-state index contributed by atoms with van der Waals surface area (Å²) in [5.74, 6) is -0.793. The molecule has 0 aromatic heterocycles. The van der Waals surface area contributed by atoms with Crippen LogP contribution in [-0.2, 0) is 32.7 Å². The van der Waals surface area contributed by atoms with E-state index in [2.05, 4.69) is 123 Å². The molecule has 0 aromatic rings. The fourth-order valence-electron chi connectivity index (χ4n) is 9.54. The molecule has 0 heterocycles. The van der Waals surface area contributed by atoms with Crippen LogP contribution in [0.15, 0.2) is 109 Å². The van der Waals surface area contributed by atoms with Crippen molar-refractivity contribution in [3.8, 4) is 0 Å². The summed E-state index contributed by atoms with van der Waals surface area (Å²) in [4.78, 5) is 35.8. The minimum absolute atomic E-state index is 0.0288. The van der Waals surface area contributed by atoms with Crippen molar-refractivity contribution in [2.24, 2.45) is 0 Å². The lowest BCUT2D eigenvalue weighted by molar-refractivity contribution is -0.870. The van der Waals surface area contributed by atoms with Crippen molar-refractivity contribution < 1.29 is 42.1 Å². The molecule has 84 heavy (non-hydrogen) atoms. The number of carbonyl (C=O) groups excluding carboxylic acids is 2. The van der Waals surface area contributed by atoms with Crippen LogP contribution in [0.2, 0.25) is 0 Å². The molecule has 0 aliphatic rings. The van der Waals surface area contributed by atoms with E-state index < -0.39 is 26.5 Å². The van der Waals surface area contributed by atoms with Gasteiger partial charge in [0.2, 0.25) is 0 Å². The maximum absolute atomic E-state index is 12.9. The first-order chi connectivity index (χ1) is 41.0. The summed E-state index contributed by atoms with van der Waals surface area (Å²) in [7, 11) is 1.48. The maximum Gasteiger partial charge on any atom is 0.472 e. The quantitative estimate of drug-likeness (QED) is 0.0211. The molecular formula is C74H131NO8P+. The van der Waals surface area contributed by atoms with E-state index in [-0.39, 0.29) is 32.0 Å². The Bertz CT molecular complexity index is 1790. The number of carbonyl (C=O) groups is 2. The number of ether oxygens (including phenoxy) is 2. The number of unbranched alkanes of at least 4 members (excludes halogenated alkanes) is 31. The van der Waals surface area contributed by atoms with Crippen LogP contribution in [0.25, 0.3) is 0 Å². The molecule has 0 aliphatic heterocycles. The topological polar surface area (TPSA) is 108 Å². The predicted molar refractivity (Wildman–Crippen MR) is 362 cm³/mol. The van der Waals surface area contributed by atoms with Crippen molar-refractivity contribution in [1.29, 1.82) is 0 Å². The molecule has 0 bridgehead atoms. The van der Waals surface area contributed by atoms with Gasteiger partial charge < -0.3 is 18.9 Å². The highest BCUT2D eigenvalue weighted by atomic mass is 31.2. The molecule has 9 nitrogen and oxygen atoms in total. The van der Waals surface area contributed by atoms with Gasteiger partial charge in [-0.05, 0) is 83.5 Å². The number of phosphoric acid groups is 1. The summed E-state index contributed by atoms with van der Waals surface area (Å²) >= 11 is 0. The van der Waals surface area contributed by atoms with Gasteiger partial charge in [0.05, 0.1) is 27.7 Å². The van der Waals surface area contributed by atoms with Crippen LogP contribution >= 0.6 is 7.82 Å². The van der Waals surface area contributed by atoms with Gasteiger partial charge in [-0.3, -0.25) is 18.6 Å². The highest BCUT2D eigenvalue weighted by Crippen LogP contribution is 2.43.